The van der Waals surface area contributed by atoms with Crippen LogP contribution in [0.3, 0.4) is 0 Å². The molecule has 0 aliphatic rings. The predicted octanol–water partition coefficient (Wildman–Crippen LogP) is 4.03. The van der Waals surface area contributed by atoms with Crippen LogP contribution in [-0.4, -0.2) is 22.5 Å². The van der Waals surface area contributed by atoms with Crippen LogP contribution < -0.4 is 4.80 Å². The molecular weight excluding hydrogens is 337 g/mol. The zero-order chi connectivity index (χ0) is 17.6. The summed E-state index contributed by atoms with van der Waals surface area (Å²) in [5, 5.41) is 16.1. The third-order valence-electron chi connectivity index (χ3n) is 3.44. The molecule has 3 rings (SSSR count). The van der Waals surface area contributed by atoms with Crippen molar-refractivity contribution in [3.05, 3.63) is 82.7 Å². The van der Waals surface area contributed by atoms with E-state index in [0.717, 1.165) is 0 Å². The molecule has 0 saturated carbocycles. The van der Waals surface area contributed by atoms with Crippen molar-refractivity contribution in [3.63, 3.8) is 0 Å². The monoisotopic (exact) mass is 353 g/mol. The van der Waals surface area contributed by atoms with Crippen molar-refractivity contribution >= 4 is 17.6 Å². The zero-order valence-electron chi connectivity index (χ0n) is 13.3. The van der Waals surface area contributed by atoms with E-state index in [4.69, 9.17) is 0 Å². The summed E-state index contributed by atoms with van der Waals surface area (Å²) in [6, 6.07) is 13.4. The fourth-order valence-electron chi connectivity index (χ4n) is 2.23. The first-order valence-corrected chi connectivity index (χ1v) is 8.48. The highest BCUT2D eigenvalue weighted by Gasteiger charge is 2.11. The number of phenols is 1. The number of phenolic OH excluding ortho intramolecular Hbond substituents is 1. The molecule has 2 aromatic carbocycles. The van der Waals surface area contributed by atoms with E-state index in [1.165, 1.54) is 23.6 Å². The minimum absolute atomic E-state index is 0.124. The van der Waals surface area contributed by atoms with E-state index >= 15 is 0 Å². The van der Waals surface area contributed by atoms with Gasteiger partial charge < -0.3 is 5.11 Å². The van der Waals surface area contributed by atoms with Crippen molar-refractivity contribution in [1.29, 1.82) is 0 Å². The third-order valence-corrected chi connectivity index (χ3v) is 4.29. The number of hydrogen-bond acceptors (Lipinski definition) is 4. The SMILES string of the molecule is C=CCN=c1scc(-c2ccccc2F)n1N=Cc1ccccc1O. The van der Waals surface area contributed by atoms with Gasteiger partial charge in [0.2, 0.25) is 4.80 Å². The van der Waals surface area contributed by atoms with Gasteiger partial charge in [0.15, 0.2) is 0 Å². The Morgan fingerprint density at radius 2 is 1.92 bits per heavy atom. The maximum absolute atomic E-state index is 14.2. The zero-order valence-corrected chi connectivity index (χ0v) is 14.2. The Hall–Kier alpha value is -2.99. The van der Waals surface area contributed by atoms with Crippen LogP contribution in [-0.2, 0) is 0 Å². The number of halogens is 1. The van der Waals surface area contributed by atoms with Gasteiger partial charge in [-0.2, -0.15) is 5.10 Å². The summed E-state index contributed by atoms with van der Waals surface area (Å²) in [6.07, 6.45) is 3.21. The van der Waals surface area contributed by atoms with Crippen LogP contribution in [0.4, 0.5) is 4.39 Å². The van der Waals surface area contributed by atoms with Gasteiger partial charge in [0.25, 0.3) is 0 Å². The van der Waals surface area contributed by atoms with Gasteiger partial charge in [0, 0.05) is 16.5 Å². The summed E-state index contributed by atoms with van der Waals surface area (Å²) in [6.45, 7) is 4.09. The van der Waals surface area contributed by atoms with Gasteiger partial charge in [-0.3, -0.25) is 4.99 Å². The second kappa shape index (κ2) is 7.72. The molecule has 0 bridgehead atoms. The van der Waals surface area contributed by atoms with Crippen molar-refractivity contribution in [2.24, 2.45) is 10.1 Å². The standard InChI is InChI=1S/C19H16FN3OS/c1-2-11-21-19-23(22-12-14-7-3-6-10-18(14)24)17(13-25-19)15-8-4-5-9-16(15)20/h2-10,12-13,24H,1,11H2. The van der Waals surface area contributed by atoms with Gasteiger partial charge in [0.1, 0.15) is 11.6 Å². The van der Waals surface area contributed by atoms with Gasteiger partial charge >= 0.3 is 0 Å². The fraction of sp³-hybridized carbons (Fsp3) is 0.0526. The van der Waals surface area contributed by atoms with E-state index in [-0.39, 0.29) is 11.6 Å². The molecule has 1 N–H and O–H groups in total. The van der Waals surface area contributed by atoms with Crippen molar-refractivity contribution in [2.75, 3.05) is 6.54 Å². The van der Waals surface area contributed by atoms with Crippen molar-refractivity contribution in [3.8, 4) is 17.0 Å². The molecule has 0 amide bonds. The van der Waals surface area contributed by atoms with E-state index < -0.39 is 0 Å². The lowest BCUT2D eigenvalue weighted by atomic mass is 10.1. The number of aromatic hydroxyl groups is 1. The lowest BCUT2D eigenvalue weighted by Crippen LogP contribution is -2.12. The summed E-state index contributed by atoms with van der Waals surface area (Å²) in [4.78, 5) is 5.02. The smallest absolute Gasteiger partial charge is 0.206 e. The van der Waals surface area contributed by atoms with Crippen molar-refractivity contribution in [1.82, 2.24) is 4.68 Å². The molecular formula is C19H16FN3OS. The lowest BCUT2D eigenvalue weighted by Gasteiger charge is -2.05. The Kier molecular flexibility index (Phi) is 5.20. The van der Waals surface area contributed by atoms with Gasteiger partial charge in [0.05, 0.1) is 18.5 Å². The highest BCUT2D eigenvalue weighted by molar-refractivity contribution is 7.07. The summed E-state index contributed by atoms with van der Waals surface area (Å²) < 4.78 is 15.8. The average Bonchev–Trinajstić information content (AvgIpc) is 3.02. The largest absolute Gasteiger partial charge is 0.507 e. The molecule has 1 aromatic heterocycles. The van der Waals surface area contributed by atoms with E-state index in [9.17, 15) is 9.50 Å². The first kappa shape index (κ1) is 16.9. The molecule has 1 heterocycles. The number of hydrogen-bond donors (Lipinski definition) is 1. The summed E-state index contributed by atoms with van der Waals surface area (Å²) in [7, 11) is 0. The normalized spacial score (nSPS) is 12.0. The minimum atomic E-state index is -0.331. The quantitative estimate of drug-likeness (QED) is 0.546. The second-order valence-corrected chi connectivity index (χ2v) is 5.96. The maximum Gasteiger partial charge on any atom is 0.206 e. The summed E-state index contributed by atoms with van der Waals surface area (Å²) in [5.74, 6) is -0.207. The molecule has 0 atom stereocenters. The first-order valence-electron chi connectivity index (χ1n) is 7.60. The molecule has 4 nitrogen and oxygen atoms in total. The molecule has 0 spiro atoms. The van der Waals surface area contributed by atoms with Crippen LogP contribution in [0, 0.1) is 5.82 Å². The summed E-state index contributed by atoms with van der Waals surface area (Å²) >= 11 is 1.36. The Bertz CT molecular complexity index is 988. The van der Waals surface area contributed by atoms with E-state index in [2.05, 4.69) is 16.7 Å². The van der Waals surface area contributed by atoms with Crippen LogP contribution >= 0.6 is 11.3 Å². The van der Waals surface area contributed by atoms with Crippen LogP contribution in [0.15, 0.2) is 76.7 Å². The molecule has 126 valence electrons. The molecule has 0 saturated heterocycles. The van der Waals surface area contributed by atoms with Crippen LogP contribution in [0.5, 0.6) is 5.75 Å². The molecule has 25 heavy (non-hydrogen) atoms. The summed E-state index contributed by atoms with van der Waals surface area (Å²) in [5.41, 5.74) is 1.60. The number of nitrogens with zero attached hydrogens (tertiary/aromatic N) is 3. The number of para-hydroxylation sites is 1. The molecule has 3 aromatic rings. The lowest BCUT2D eigenvalue weighted by molar-refractivity contribution is 0.474. The van der Waals surface area contributed by atoms with Crippen LogP contribution in [0.2, 0.25) is 0 Å². The Morgan fingerprint density at radius 3 is 2.68 bits per heavy atom. The highest BCUT2D eigenvalue weighted by Crippen LogP contribution is 2.23. The second-order valence-electron chi connectivity index (χ2n) is 5.13. The Labute approximate surface area is 148 Å². The molecule has 0 unspecified atom stereocenters. The molecule has 6 heteroatoms. The molecule has 0 aliphatic heterocycles. The highest BCUT2D eigenvalue weighted by atomic mass is 32.1. The molecule has 0 aliphatic carbocycles. The molecule has 0 radical (unpaired) electrons. The average molecular weight is 353 g/mol. The topological polar surface area (TPSA) is 49.9 Å². The first-order chi connectivity index (χ1) is 12.2. The Morgan fingerprint density at radius 1 is 1.16 bits per heavy atom. The molecule has 0 fully saturated rings. The van der Waals surface area contributed by atoms with E-state index in [1.54, 1.807) is 53.2 Å². The van der Waals surface area contributed by atoms with E-state index in [1.807, 2.05) is 5.38 Å². The number of aromatic nitrogens is 1. The van der Waals surface area contributed by atoms with Crippen molar-refractivity contribution in [2.45, 2.75) is 0 Å². The van der Waals surface area contributed by atoms with Gasteiger partial charge in [-0.05, 0) is 24.3 Å². The van der Waals surface area contributed by atoms with Crippen molar-refractivity contribution < 1.29 is 9.50 Å². The number of benzene rings is 2. The van der Waals surface area contributed by atoms with Crippen LogP contribution in [0.1, 0.15) is 5.56 Å². The van der Waals surface area contributed by atoms with Gasteiger partial charge in [-0.25, -0.2) is 9.07 Å². The van der Waals surface area contributed by atoms with E-state index in [0.29, 0.717) is 28.2 Å². The minimum Gasteiger partial charge on any atom is -0.507 e. The van der Waals surface area contributed by atoms with Crippen LogP contribution in [0.25, 0.3) is 11.3 Å². The number of thiazole rings is 1. The Balaban J connectivity index is 2.13. The van der Waals surface area contributed by atoms with Gasteiger partial charge in [-0.1, -0.05) is 30.3 Å². The fourth-order valence-corrected chi connectivity index (χ4v) is 3.07. The number of rotatable bonds is 5. The predicted molar refractivity (Wildman–Crippen MR) is 99.4 cm³/mol. The third kappa shape index (κ3) is 3.75. The maximum atomic E-state index is 14.2. The van der Waals surface area contributed by atoms with Gasteiger partial charge in [-0.15, -0.1) is 17.9 Å².